The van der Waals surface area contributed by atoms with Crippen molar-refractivity contribution in [2.24, 2.45) is 7.05 Å². The second-order valence-electron chi connectivity index (χ2n) is 5.45. The Balaban J connectivity index is 1.79. The van der Waals surface area contributed by atoms with E-state index in [1.54, 1.807) is 6.26 Å². The Bertz CT molecular complexity index is 875. The summed E-state index contributed by atoms with van der Waals surface area (Å²) in [4.78, 5) is 4.64. The van der Waals surface area contributed by atoms with Crippen molar-refractivity contribution in [2.75, 3.05) is 11.6 Å². The number of aryl methyl sites for hydroxylation is 1. The monoisotopic (exact) mass is 347 g/mol. The third kappa shape index (κ3) is 3.57. The molecular formula is C17H18ClN3OS. The van der Waals surface area contributed by atoms with Crippen molar-refractivity contribution >= 4 is 39.1 Å². The average Bonchev–Trinajstić information content (AvgIpc) is 2.84. The van der Waals surface area contributed by atoms with Crippen LogP contribution in [-0.4, -0.2) is 20.0 Å². The molecule has 0 fully saturated rings. The Hall–Kier alpha value is -1.85. The zero-order valence-corrected chi connectivity index (χ0v) is 14.6. The van der Waals surface area contributed by atoms with E-state index >= 15 is 0 Å². The molecule has 0 saturated carbocycles. The van der Waals surface area contributed by atoms with E-state index in [1.807, 2.05) is 43.4 Å². The maximum Gasteiger partial charge on any atom is 0.128 e. The van der Waals surface area contributed by atoms with Gasteiger partial charge >= 0.3 is 0 Å². The van der Waals surface area contributed by atoms with Gasteiger partial charge < -0.3 is 9.88 Å². The van der Waals surface area contributed by atoms with Crippen molar-refractivity contribution in [3.05, 3.63) is 58.9 Å². The minimum Gasteiger partial charge on any atom is -0.378 e. The van der Waals surface area contributed by atoms with Gasteiger partial charge in [0, 0.05) is 40.6 Å². The number of nitrogens with zero attached hydrogens (tertiary/aromatic N) is 2. The quantitative estimate of drug-likeness (QED) is 0.765. The van der Waals surface area contributed by atoms with Crippen molar-refractivity contribution in [3.63, 3.8) is 0 Å². The smallest absolute Gasteiger partial charge is 0.128 e. The molecule has 0 aliphatic carbocycles. The highest BCUT2D eigenvalue weighted by molar-refractivity contribution is 7.83. The largest absolute Gasteiger partial charge is 0.378 e. The number of para-hydroxylation sites is 2. The van der Waals surface area contributed by atoms with Crippen LogP contribution < -0.4 is 5.32 Å². The van der Waals surface area contributed by atoms with E-state index in [9.17, 15) is 4.21 Å². The molecule has 6 heteroatoms. The number of rotatable bonds is 5. The third-order valence-electron chi connectivity index (χ3n) is 3.73. The van der Waals surface area contributed by atoms with Gasteiger partial charge in [0.1, 0.15) is 5.82 Å². The fourth-order valence-electron chi connectivity index (χ4n) is 2.55. The van der Waals surface area contributed by atoms with Gasteiger partial charge in [0.15, 0.2) is 0 Å². The van der Waals surface area contributed by atoms with Crippen LogP contribution in [-0.2, 0) is 30.1 Å². The first-order chi connectivity index (χ1) is 11.0. The van der Waals surface area contributed by atoms with Crippen LogP contribution in [0.1, 0.15) is 11.4 Å². The molecule has 23 heavy (non-hydrogen) atoms. The third-order valence-corrected chi connectivity index (χ3v) is 4.82. The van der Waals surface area contributed by atoms with Crippen molar-refractivity contribution in [3.8, 4) is 0 Å². The lowest BCUT2D eigenvalue weighted by Gasteiger charge is -2.09. The SMILES string of the molecule is Cn1c(CNc2ccc(Cl)c(C[S@@](C)=O)c2)nc2ccccc21. The highest BCUT2D eigenvalue weighted by Crippen LogP contribution is 2.22. The van der Waals surface area contributed by atoms with E-state index in [0.29, 0.717) is 17.3 Å². The van der Waals surface area contributed by atoms with Crippen molar-refractivity contribution in [2.45, 2.75) is 12.3 Å². The van der Waals surface area contributed by atoms with E-state index in [1.165, 1.54) is 0 Å². The molecule has 2 aromatic carbocycles. The molecule has 120 valence electrons. The van der Waals surface area contributed by atoms with E-state index in [4.69, 9.17) is 11.6 Å². The number of hydrogen-bond acceptors (Lipinski definition) is 3. The van der Waals surface area contributed by atoms with Crippen LogP contribution in [0.4, 0.5) is 5.69 Å². The molecule has 0 radical (unpaired) electrons. The van der Waals surface area contributed by atoms with Gasteiger partial charge in [0.2, 0.25) is 0 Å². The lowest BCUT2D eigenvalue weighted by atomic mass is 10.2. The average molecular weight is 348 g/mol. The summed E-state index contributed by atoms with van der Waals surface area (Å²) in [6.45, 7) is 0.613. The molecule has 1 N–H and O–H groups in total. The maximum atomic E-state index is 11.4. The molecule has 1 atom stereocenters. The summed E-state index contributed by atoms with van der Waals surface area (Å²) in [7, 11) is 1.10. The molecule has 4 nitrogen and oxygen atoms in total. The summed E-state index contributed by atoms with van der Waals surface area (Å²) in [6.07, 6.45) is 1.68. The number of nitrogens with one attached hydrogen (secondary N) is 1. The van der Waals surface area contributed by atoms with Crippen LogP contribution in [0.15, 0.2) is 42.5 Å². The molecule has 3 rings (SSSR count). The Kier molecular flexibility index (Phi) is 4.68. The van der Waals surface area contributed by atoms with Gasteiger partial charge in [-0.1, -0.05) is 23.7 Å². The van der Waals surface area contributed by atoms with Crippen LogP contribution in [0.2, 0.25) is 5.02 Å². The highest BCUT2D eigenvalue weighted by Gasteiger charge is 2.08. The normalized spacial score (nSPS) is 12.5. The molecule has 0 unspecified atom stereocenters. The van der Waals surface area contributed by atoms with Crippen LogP contribution in [0.3, 0.4) is 0 Å². The number of aromatic nitrogens is 2. The maximum absolute atomic E-state index is 11.4. The van der Waals surface area contributed by atoms with Crippen LogP contribution in [0.25, 0.3) is 11.0 Å². The second-order valence-corrected chi connectivity index (χ2v) is 7.30. The van der Waals surface area contributed by atoms with E-state index in [-0.39, 0.29) is 0 Å². The summed E-state index contributed by atoms with van der Waals surface area (Å²) < 4.78 is 13.5. The number of benzene rings is 2. The van der Waals surface area contributed by atoms with Crippen LogP contribution in [0.5, 0.6) is 0 Å². The summed E-state index contributed by atoms with van der Waals surface area (Å²) in [5.74, 6) is 1.42. The Morgan fingerprint density at radius 1 is 1.26 bits per heavy atom. The predicted octanol–water partition coefficient (Wildman–Crippen LogP) is 3.72. The Morgan fingerprint density at radius 2 is 2.04 bits per heavy atom. The van der Waals surface area contributed by atoms with Gasteiger partial charge in [-0.3, -0.25) is 4.21 Å². The summed E-state index contributed by atoms with van der Waals surface area (Å²) in [6, 6.07) is 13.8. The Morgan fingerprint density at radius 3 is 2.78 bits per heavy atom. The Labute approximate surface area is 142 Å². The van der Waals surface area contributed by atoms with E-state index < -0.39 is 10.8 Å². The molecule has 0 spiro atoms. The topological polar surface area (TPSA) is 46.9 Å². The van der Waals surface area contributed by atoms with E-state index in [0.717, 1.165) is 28.1 Å². The first-order valence-electron chi connectivity index (χ1n) is 7.27. The fraction of sp³-hybridized carbons (Fsp3) is 0.235. The summed E-state index contributed by atoms with van der Waals surface area (Å²) >= 11 is 6.16. The van der Waals surface area contributed by atoms with Crippen LogP contribution in [0, 0.1) is 0 Å². The number of hydrogen-bond donors (Lipinski definition) is 1. The molecule has 3 aromatic rings. The first kappa shape index (κ1) is 16.0. The summed E-state index contributed by atoms with van der Waals surface area (Å²) in [5.41, 5.74) is 3.94. The standard InChI is InChI=1S/C17H18ClN3OS/c1-21-16-6-4-3-5-15(16)20-17(21)10-19-13-7-8-14(18)12(9-13)11-23(2)22/h3-9,19H,10-11H2,1-2H3/t23-/m1/s1. The molecule has 0 amide bonds. The molecule has 1 heterocycles. The van der Waals surface area contributed by atoms with Crippen molar-refractivity contribution < 1.29 is 4.21 Å². The zero-order valence-electron chi connectivity index (χ0n) is 13.0. The fourth-order valence-corrected chi connectivity index (χ4v) is 3.49. The van der Waals surface area contributed by atoms with Gasteiger partial charge in [-0.25, -0.2) is 4.98 Å². The molecular weight excluding hydrogens is 330 g/mol. The van der Waals surface area contributed by atoms with Crippen molar-refractivity contribution in [1.29, 1.82) is 0 Å². The molecule has 0 saturated heterocycles. The molecule has 0 bridgehead atoms. The molecule has 0 aliphatic heterocycles. The van der Waals surface area contributed by atoms with Gasteiger partial charge in [0.05, 0.1) is 17.6 Å². The first-order valence-corrected chi connectivity index (χ1v) is 9.38. The number of halogens is 1. The highest BCUT2D eigenvalue weighted by atomic mass is 35.5. The van der Waals surface area contributed by atoms with E-state index in [2.05, 4.69) is 20.9 Å². The summed E-state index contributed by atoms with van der Waals surface area (Å²) in [5, 5.41) is 4.01. The lowest BCUT2D eigenvalue weighted by Crippen LogP contribution is -2.06. The minimum absolute atomic E-state index is 0.459. The van der Waals surface area contributed by atoms with Gasteiger partial charge in [-0.05, 0) is 35.9 Å². The van der Waals surface area contributed by atoms with Crippen LogP contribution >= 0.6 is 11.6 Å². The molecule has 1 aromatic heterocycles. The predicted molar refractivity (Wildman–Crippen MR) is 97.3 cm³/mol. The lowest BCUT2D eigenvalue weighted by molar-refractivity contribution is 0.686. The number of fused-ring (bicyclic) bond motifs is 1. The number of imidazole rings is 1. The molecule has 0 aliphatic rings. The van der Waals surface area contributed by atoms with Gasteiger partial charge in [-0.2, -0.15) is 0 Å². The van der Waals surface area contributed by atoms with Gasteiger partial charge in [-0.15, -0.1) is 0 Å². The zero-order chi connectivity index (χ0) is 16.4. The van der Waals surface area contributed by atoms with Gasteiger partial charge in [0.25, 0.3) is 0 Å². The number of anilines is 1. The second kappa shape index (κ2) is 6.72. The minimum atomic E-state index is -0.918. The van der Waals surface area contributed by atoms with Crippen molar-refractivity contribution in [1.82, 2.24) is 9.55 Å².